The van der Waals surface area contributed by atoms with Gasteiger partial charge in [-0.2, -0.15) is 0 Å². The van der Waals surface area contributed by atoms with Gasteiger partial charge in [-0.3, -0.25) is 14.4 Å². The van der Waals surface area contributed by atoms with Crippen LogP contribution in [0.15, 0.2) is 170 Å². The minimum atomic E-state index is -0.822. The molecular formula is C69H106O6. The Morgan fingerprint density at radius 2 is 0.520 bits per heavy atom. The maximum Gasteiger partial charge on any atom is 0.306 e. The number of allylic oxidation sites excluding steroid dienone is 28. The smallest absolute Gasteiger partial charge is 0.306 e. The van der Waals surface area contributed by atoms with Crippen molar-refractivity contribution in [3.05, 3.63) is 170 Å². The fourth-order valence-electron chi connectivity index (χ4n) is 7.31. The van der Waals surface area contributed by atoms with Crippen LogP contribution in [0, 0.1) is 0 Å². The lowest BCUT2D eigenvalue weighted by atomic mass is 10.1. The van der Waals surface area contributed by atoms with Crippen LogP contribution in [0.1, 0.15) is 226 Å². The van der Waals surface area contributed by atoms with Crippen LogP contribution in [0.2, 0.25) is 0 Å². The Bertz CT molecular complexity index is 1750. The summed E-state index contributed by atoms with van der Waals surface area (Å²) in [6.07, 6.45) is 90.7. The van der Waals surface area contributed by atoms with Gasteiger partial charge in [-0.05, 0) is 148 Å². The molecule has 0 aliphatic heterocycles. The molecule has 0 aromatic carbocycles. The number of unbranched alkanes of at least 4 members (excludes halogenated alkanes) is 12. The second-order valence-corrected chi connectivity index (χ2v) is 18.8. The van der Waals surface area contributed by atoms with Gasteiger partial charge in [0.25, 0.3) is 0 Å². The van der Waals surface area contributed by atoms with E-state index < -0.39 is 6.10 Å². The lowest BCUT2D eigenvalue weighted by Gasteiger charge is -2.18. The lowest BCUT2D eigenvalue weighted by molar-refractivity contribution is -0.167. The van der Waals surface area contributed by atoms with Gasteiger partial charge in [0.15, 0.2) is 6.10 Å². The number of rotatable bonds is 51. The van der Waals surface area contributed by atoms with E-state index in [1.807, 2.05) is 0 Å². The van der Waals surface area contributed by atoms with Gasteiger partial charge >= 0.3 is 17.9 Å². The fraction of sp³-hybridized carbons (Fsp3) is 0.551. The van der Waals surface area contributed by atoms with Crippen molar-refractivity contribution >= 4 is 17.9 Å². The quantitative estimate of drug-likeness (QED) is 0.0261. The summed E-state index contributed by atoms with van der Waals surface area (Å²) >= 11 is 0. The average Bonchev–Trinajstić information content (AvgIpc) is 3.41. The first-order chi connectivity index (χ1) is 37.0. The zero-order valence-electron chi connectivity index (χ0n) is 47.7. The van der Waals surface area contributed by atoms with Gasteiger partial charge in [0.05, 0.1) is 0 Å². The molecule has 0 aliphatic rings. The van der Waals surface area contributed by atoms with E-state index in [2.05, 4.69) is 191 Å². The number of esters is 3. The minimum Gasteiger partial charge on any atom is -0.462 e. The van der Waals surface area contributed by atoms with Gasteiger partial charge in [-0.25, -0.2) is 0 Å². The molecule has 0 N–H and O–H groups in total. The fourth-order valence-corrected chi connectivity index (χ4v) is 7.31. The molecule has 0 saturated carbocycles. The number of carbonyl (C=O) groups is 3. The Balaban J connectivity index is 4.40. The predicted octanol–water partition coefficient (Wildman–Crippen LogP) is 20.3. The topological polar surface area (TPSA) is 78.9 Å². The third-order valence-electron chi connectivity index (χ3n) is 11.7. The molecule has 0 heterocycles. The second-order valence-electron chi connectivity index (χ2n) is 18.8. The van der Waals surface area contributed by atoms with Crippen LogP contribution in [0.25, 0.3) is 0 Å². The molecule has 1 atom stereocenters. The third-order valence-corrected chi connectivity index (χ3v) is 11.7. The Hall–Kier alpha value is -5.23. The van der Waals surface area contributed by atoms with E-state index in [1.54, 1.807) is 0 Å². The van der Waals surface area contributed by atoms with Crippen molar-refractivity contribution in [3.8, 4) is 0 Å². The summed E-state index contributed by atoms with van der Waals surface area (Å²) in [6, 6.07) is 0. The molecule has 0 aliphatic carbocycles. The summed E-state index contributed by atoms with van der Waals surface area (Å²) < 4.78 is 16.8. The van der Waals surface area contributed by atoms with Crippen LogP contribution < -0.4 is 0 Å². The number of carbonyl (C=O) groups excluding carboxylic acids is 3. The van der Waals surface area contributed by atoms with Crippen molar-refractivity contribution in [1.82, 2.24) is 0 Å². The van der Waals surface area contributed by atoms with Crippen molar-refractivity contribution in [2.75, 3.05) is 13.2 Å². The first kappa shape index (κ1) is 69.8. The van der Waals surface area contributed by atoms with E-state index in [-0.39, 0.29) is 37.5 Å². The van der Waals surface area contributed by atoms with E-state index in [0.29, 0.717) is 19.3 Å². The summed E-state index contributed by atoms with van der Waals surface area (Å²) in [5.41, 5.74) is 0. The summed E-state index contributed by atoms with van der Waals surface area (Å²) in [5.74, 6) is -1.00. The van der Waals surface area contributed by atoms with E-state index in [1.165, 1.54) is 6.42 Å². The van der Waals surface area contributed by atoms with Gasteiger partial charge in [-0.1, -0.05) is 229 Å². The van der Waals surface area contributed by atoms with E-state index in [9.17, 15) is 14.4 Å². The maximum atomic E-state index is 12.8. The van der Waals surface area contributed by atoms with E-state index in [4.69, 9.17) is 14.2 Å². The molecule has 6 heteroatoms. The van der Waals surface area contributed by atoms with Crippen LogP contribution >= 0.6 is 0 Å². The monoisotopic (exact) mass is 1030 g/mol. The molecule has 0 spiro atoms. The van der Waals surface area contributed by atoms with Crippen molar-refractivity contribution in [2.24, 2.45) is 0 Å². The predicted molar refractivity (Wildman–Crippen MR) is 325 cm³/mol. The van der Waals surface area contributed by atoms with Gasteiger partial charge in [0.1, 0.15) is 13.2 Å². The Kier molecular flexibility index (Phi) is 57.0. The van der Waals surface area contributed by atoms with Gasteiger partial charge in [0.2, 0.25) is 0 Å². The Labute approximate surface area is 460 Å². The normalized spacial score (nSPS) is 13.4. The largest absolute Gasteiger partial charge is 0.462 e. The van der Waals surface area contributed by atoms with Crippen LogP contribution in [0.3, 0.4) is 0 Å². The average molecular weight is 1030 g/mol. The van der Waals surface area contributed by atoms with Crippen LogP contribution in [0.5, 0.6) is 0 Å². The molecular weight excluding hydrogens is 925 g/mol. The first-order valence-electron chi connectivity index (χ1n) is 29.6. The number of hydrogen-bond donors (Lipinski definition) is 0. The summed E-state index contributed by atoms with van der Waals surface area (Å²) in [7, 11) is 0. The maximum absolute atomic E-state index is 12.8. The third kappa shape index (κ3) is 59.5. The molecule has 0 rings (SSSR count). The van der Waals surface area contributed by atoms with Crippen LogP contribution in [-0.2, 0) is 28.6 Å². The molecule has 0 radical (unpaired) electrons. The van der Waals surface area contributed by atoms with E-state index in [0.717, 1.165) is 173 Å². The van der Waals surface area contributed by atoms with Crippen molar-refractivity contribution < 1.29 is 28.6 Å². The molecule has 418 valence electrons. The highest BCUT2D eigenvalue weighted by atomic mass is 16.6. The second kappa shape index (κ2) is 61.3. The minimum absolute atomic E-state index is 0.116. The van der Waals surface area contributed by atoms with Gasteiger partial charge in [-0.15, -0.1) is 0 Å². The highest BCUT2D eigenvalue weighted by Gasteiger charge is 2.19. The molecule has 0 fully saturated rings. The zero-order valence-corrected chi connectivity index (χ0v) is 47.7. The Morgan fingerprint density at radius 3 is 0.827 bits per heavy atom. The summed E-state index contributed by atoms with van der Waals surface area (Å²) in [4.78, 5) is 38.1. The standard InChI is InChI=1S/C69H106O6/c1-4-7-10-13-16-19-22-25-26-27-28-29-30-31-32-33-34-35-36-37-38-39-40-41-42-45-47-50-53-56-59-62-68(71)74-65-66(75-69(72)63-60-57-54-51-48-44-24-21-18-15-12-9-6-3)64-73-67(70)61-58-55-52-49-46-43-23-20-17-14-11-8-5-2/h7,9-12,14,16,18-21,23,25-26,28-29,31-32,34-35,37-38,40-41,44-45,47-48,66H,4-6,8,13,15,17,22,24,27,30,33,36,39,42-43,46,49-65H2,1-3H3/b10-7-,12-9-,14-11-,19-16-,21-18-,23-20-,26-25-,29-28-,32-31-,35-34-,38-37-,41-40-,47-45-,48-44-. The molecule has 1 unspecified atom stereocenters. The zero-order chi connectivity index (χ0) is 54.3. The number of hydrogen-bond acceptors (Lipinski definition) is 6. The first-order valence-corrected chi connectivity index (χ1v) is 29.6. The van der Waals surface area contributed by atoms with Crippen LogP contribution in [0.4, 0.5) is 0 Å². The van der Waals surface area contributed by atoms with E-state index >= 15 is 0 Å². The molecule has 0 aromatic heterocycles. The summed E-state index contributed by atoms with van der Waals surface area (Å²) in [6.45, 7) is 6.26. The molecule has 0 saturated heterocycles. The molecule has 75 heavy (non-hydrogen) atoms. The van der Waals surface area contributed by atoms with Crippen molar-refractivity contribution in [1.29, 1.82) is 0 Å². The van der Waals surface area contributed by atoms with Crippen LogP contribution in [-0.4, -0.2) is 37.2 Å². The molecule has 0 aromatic rings. The van der Waals surface area contributed by atoms with Crippen molar-refractivity contribution in [3.63, 3.8) is 0 Å². The van der Waals surface area contributed by atoms with Gasteiger partial charge < -0.3 is 14.2 Å². The lowest BCUT2D eigenvalue weighted by Crippen LogP contribution is -2.30. The molecule has 6 nitrogen and oxygen atoms in total. The Morgan fingerprint density at radius 1 is 0.280 bits per heavy atom. The summed E-state index contributed by atoms with van der Waals surface area (Å²) in [5, 5.41) is 0. The highest BCUT2D eigenvalue weighted by Crippen LogP contribution is 2.12. The molecule has 0 bridgehead atoms. The number of ether oxygens (including phenoxy) is 3. The SMILES string of the molecule is CC/C=C\C/C=C\C/C=C\C/C=C\C/C=C\C/C=C\C/C=C\C/C=C\C/C=C\CCCCCC(=O)OCC(COC(=O)CCCCCCC/C=C\C/C=C\CCC)OC(=O)CCCCC/C=C\C/C=C\C/C=C\CC. The van der Waals surface area contributed by atoms with Gasteiger partial charge in [0, 0.05) is 19.3 Å². The van der Waals surface area contributed by atoms with Crippen molar-refractivity contribution in [2.45, 2.75) is 232 Å². The molecule has 0 amide bonds. The highest BCUT2D eigenvalue weighted by molar-refractivity contribution is 5.71.